The van der Waals surface area contributed by atoms with Crippen LogP contribution in [0.4, 0.5) is 10.3 Å². The van der Waals surface area contributed by atoms with Gasteiger partial charge in [-0.3, -0.25) is 4.90 Å². The van der Waals surface area contributed by atoms with Crippen molar-refractivity contribution in [2.24, 2.45) is 0 Å². The summed E-state index contributed by atoms with van der Waals surface area (Å²) in [5.74, 6) is 2.77. The fourth-order valence-corrected chi connectivity index (χ4v) is 3.51. The number of rotatable bonds is 7. The highest BCUT2D eigenvalue weighted by Gasteiger charge is 2.20. The largest absolute Gasteiger partial charge is 0.493 e. The first-order valence-corrected chi connectivity index (χ1v) is 10.1. The van der Waals surface area contributed by atoms with Crippen molar-refractivity contribution in [3.63, 3.8) is 0 Å². The summed E-state index contributed by atoms with van der Waals surface area (Å²) < 4.78 is 29.5. The molecule has 2 aromatic carbocycles. The van der Waals surface area contributed by atoms with Gasteiger partial charge in [0.2, 0.25) is 11.8 Å². The lowest BCUT2D eigenvalue weighted by molar-refractivity contribution is 0.248. The standard InChI is InChI=1S/C23H25FN4O3/c1-29-20-8-3-17(15-21(20)30-2)16-27-11-13-28(14-12-27)23-25-10-9-22(26-23)31-19-6-4-18(24)5-7-19/h3-10,15H,11-14,16H2,1-2H3. The van der Waals surface area contributed by atoms with Crippen molar-refractivity contribution < 1.29 is 18.6 Å². The van der Waals surface area contributed by atoms with E-state index in [1.165, 1.54) is 17.7 Å². The van der Waals surface area contributed by atoms with E-state index < -0.39 is 0 Å². The first-order valence-electron chi connectivity index (χ1n) is 10.1. The molecule has 0 spiro atoms. The van der Waals surface area contributed by atoms with E-state index in [1.807, 2.05) is 12.1 Å². The topological polar surface area (TPSA) is 60.0 Å². The summed E-state index contributed by atoms with van der Waals surface area (Å²) in [6.45, 7) is 4.24. The number of benzene rings is 2. The number of methoxy groups -OCH3 is 2. The minimum absolute atomic E-state index is 0.304. The normalized spacial score (nSPS) is 14.4. The van der Waals surface area contributed by atoms with Crippen LogP contribution in [-0.4, -0.2) is 55.3 Å². The van der Waals surface area contributed by atoms with E-state index in [-0.39, 0.29) is 5.82 Å². The van der Waals surface area contributed by atoms with Crippen LogP contribution >= 0.6 is 0 Å². The number of aromatic nitrogens is 2. The van der Waals surface area contributed by atoms with Crippen LogP contribution in [0.3, 0.4) is 0 Å². The van der Waals surface area contributed by atoms with Crippen LogP contribution in [0, 0.1) is 5.82 Å². The number of hydrogen-bond donors (Lipinski definition) is 0. The molecule has 0 saturated carbocycles. The van der Waals surface area contributed by atoms with Crippen molar-refractivity contribution in [2.75, 3.05) is 45.3 Å². The number of halogens is 1. The third-order valence-corrected chi connectivity index (χ3v) is 5.16. The maximum Gasteiger partial charge on any atom is 0.228 e. The minimum atomic E-state index is -0.304. The summed E-state index contributed by atoms with van der Waals surface area (Å²) >= 11 is 0. The zero-order valence-electron chi connectivity index (χ0n) is 17.6. The van der Waals surface area contributed by atoms with Gasteiger partial charge < -0.3 is 19.1 Å². The quantitative estimate of drug-likeness (QED) is 0.573. The van der Waals surface area contributed by atoms with Gasteiger partial charge in [-0.15, -0.1) is 0 Å². The molecular weight excluding hydrogens is 399 g/mol. The van der Waals surface area contributed by atoms with Crippen LogP contribution in [0.25, 0.3) is 0 Å². The van der Waals surface area contributed by atoms with Crippen LogP contribution in [0.2, 0.25) is 0 Å². The Morgan fingerprint density at radius 2 is 1.65 bits per heavy atom. The van der Waals surface area contributed by atoms with Gasteiger partial charge in [-0.1, -0.05) is 6.07 Å². The Bertz CT molecular complexity index is 1010. The molecule has 0 radical (unpaired) electrons. The molecule has 0 N–H and O–H groups in total. The smallest absolute Gasteiger partial charge is 0.228 e. The second-order valence-electron chi connectivity index (χ2n) is 7.20. The fraction of sp³-hybridized carbons (Fsp3) is 0.304. The zero-order valence-corrected chi connectivity index (χ0v) is 17.6. The van der Waals surface area contributed by atoms with Gasteiger partial charge in [0.25, 0.3) is 0 Å². The van der Waals surface area contributed by atoms with Crippen molar-refractivity contribution in [3.05, 3.63) is 66.1 Å². The molecule has 0 aliphatic carbocycles. The first-order chi connectivity index (χ1) is 15.1. The maximum absolute atomic E-state index is 13.1. The van der Waals surface area contributed by atoms with E-state index in [4.69, 9.17) is 14.2 Å². The summed E-state index contributed by atoms with van der Waals surface area (Å²) in [6.07, 6.45) is 1.68. The average Bonchev–Trinajstić information content (AvgIpc) is 2.81. The molecule has 1 aliphatic rings. The highest BCUT2D eigenvalue weighted by Crippen LogP contribution is 2.28. The number of hydrogen-bond acceptors (Lipinski definition) is 7. The molecule has 2 heterocycles. The van der Waals surface area contributed by atoms with Crippen LogP contribution < -0.4 is 19.1 Å². The molecule has 7 nitrogen and oxygen atoms in total. The number of anilines is 1. The molecule has 3 aromatic rings. The van der Waals surface area contributed by atoms with Crippen molar-refractivity contribution >= 4 is 5.95 Å². The van der Waals surface area contributed by atoms with Crippen LogP contribution in [0.15, 0.2) is 54.7 Å². The Hall–Kier alpha value is -3.39. The predicted octanol–water partition coefficient (Wildman–Crippen LogP) is 3.75. The Balaban J connectivity index is 1.35. The minimum Gasteiger partial charge on any atom is -0.493 e. The summed E-state index contributed by atoms with van der Waals surface area (Å²) in [7, 11) is 3.28. The second-order valence-corrected chi connectivity index (χ2v) is 7.20. The van der Waals surface area contributed by atoms with Gasteiger partial charge in [0, 0.05) is 45.0 Å². The Labute approximate surface area is 181 Å². The fourth-order valence-electron chi connectivity index (χ4n) is 3.51. The molecule has 4 rings (SSSR count). The van der Waals surface area contributed by atoms with Crippen LogP contribution in [0.5, 0.6) is 23.1 Å². The maximum atomic E-state index is 13.1. The van der Waals surface area contributed by atoms with Gasteiger partial charge in [0.1, 0.15) is 11.6 Å². The molecule has 1 fully saturated rings. The second kappa shape index (κ2) is 9.61. The number of piperazine rings is 1. The third kappa shape index (κ3) is 5.21. The lowest BCUT2D eigenvalue weighted by Crippen LogP contribution is -2.46. The lowest BCUT2D eigenvalue weighted by Gasteiger charge is -2.34. The number of ether oxygens (including phenoxy) is 3. The van der Waals surface area contributed by atoms with Gasteiger partial charge in [0.15, 0.2) is 11.5 Å². The van der Waals surface area contributed by atoms with E-state index in [0.717, 1.165) is 44.2 Å². The molecule has 31 heavy (non-hydrogen) atoms. The Morgan fingerprint density at radius 1 is 0.903 bits per heavy atom. The lowest BCUT2D eigenvalue weighted by atomic mass is 10.1. The van der Waals surface area contributed by atoms with Gasteiger partial charge in [0.05, 0.1) is 14.2 Å². The molecule has 0 amide bonds. The molecular formula is C23H25FN4O3. The van der Waals surface area contributed by atoms with E-state index >= 15 is 0 Å². The van der Waals surface area contributed by atoms with Crippen molar-refractivity contribution in [2.45, 2.75) is 6.54 Å². The third-order valence-electron chi connectivity index (χ3n) is 5.16. The van der Waals surface area contributed by atoms with Gasteiger partial charge in [-0.2, -0.15) is 4.98 Å². The summed E-state index contributed by atoms with van der Waals surface area (Å²) in [4.78, 5) is 13.4. The molecule has 1 aliphatic heterocycles. The Morgan fingerprint density at radius 3 is 2.35 bits per heavy atom. The summed E-state index contributed by atoms with van der Waals surface area (Å²) in [6, 6.07) is 13.6. The van der Waals surface area contributed by atoms with Crippen LogP contribution in [0.1, 0.15) is 5.56 Å². The summed E-state index contributed by atoms with van der Waals surface area (Å²) in [5.41, 5.74) is 1.18. The molecule has 0 bridgehead atoms. The predicted molar refractivity (Wildman–Crippen MR) is 116 cm³/mol. The molecule has 8 heteroatoms. The molecule has 1 aromatic heterocycles. The van der Waals surface area contributed by atoms with Crippen LogP contribution in [-0.2, 0) is 6.54 Å². The van der Waals surface area contributed by atoms with E-state index in [9.17, 15) is 4.39 Å². The van der Waals surface area contributed by atoms with Gasteiger partial charge in [-0.05, 0) is 42.0 Å². The van der Waals surface area contributed by atoms with Crippen molar-refractivity contribution in [1.82, 2.24) is 14.9 Å². The van der Waals surface area contributed by atoms with Crippen molar-refractivity contribution in [1.29, 1.82) is 0 Å². The van der Waals surface area contributed by atoms with E-state index in [1.54, 1.807) is 38.6 Å². The summed E-state index contributed by atoms with van der Waals surface area (Å²) in [5, 5.41) is 0. The zero-order chi connectivity index (χ0) is 21.6. The molecule has 0 unspecified atom stereocenters. The first kappa shape index (κ1) is 20.9. The van der Waals surface area contributed by atoms with Crippen molar-refractivity contribution in [3.8, 4) is 23.1 Å². The Kier molecular flexibility index (Phi) is 6.47. The number of nitrogens with zero attached hydrogens (tertiary/aromatic N) is 4. The van der Waals surface area contributed by atoms with E-state index in [2.05, 4.69) is 25.8 Å². The highest BCUT2D eigenvalue weighted by atomic mass is 19.1. The molecule has 1 saturated heterocycles. The molecule has 162 valence electrons. The van der Waals surface area contributed by atoms with Gasteiger partial charge >= 0.3 is 0 Å². The van der Waals surface area contributed by atoms with E-state index in [0.29, 0.717) is 17.6 Å². The SMILES string of the molecule is COc1ccc(CN2CCN(c3nccc(Oc4ccc(F)cc4)n3)CC2)cc1OC. The van der Waals surface area contributed by atoms with Gasteiger partial charge in [-0.25, -0.2) is 9.37 Å². The highest BCUT2D eigenvalue weighted by molar-refractivity contribution is 5.43. The average molecular weight is 424 g/mol. The monoisotopic (exact) mass is 424 g/mol. The molecule has 0 atom stereocenters.